The number of rotatable bonds is 5. The zero-order chi connectivity index (χ0) is 14.5. The van der Waals surface area contributed by atoms with E-state index in [9.17, 15) is 4.79 Å². The van der Waals surface area contributed by atoms with E-state index in [2.05, 4.69) is 38.4 Å². The minimum atomic E-state index is -0.352. The molecular weight excluding hydrogens is 322 g/mol. The minimum absolute atomic E-state index is 0.352. The van der Waals surface area contributed by atoms with Crippen molar-refractivity contribution in [1.29, 1.82) is 0 Å². The van der Waals surface area contributed by atoms with Crippen LogP contribution in [0, 0.1) is 0 Å². The molecule has 2 aromatic rings. The molecule has 0 aliphatic carbocycles. The molecule has 0 aliphatic heterocycles. The predicted molar refractivity (Wildman–Crippen MR) is 79.7 cm³/mol. The molecule has 106 valence electrons. The molecule has 1 aromatic carbocycles. The Hall–Kier alpha value is -1.63. The van der Waals surface area contributed by atoms with E-state index >= 15 is 0 Å². The van der Waals surface area contributed by atoms with E-state index in [0.717, 1.165) is 16.8 Å². The first kappa shape index (κ1) is 14.8. The number of nitrogens with one attached hydrogen (secondary N) is 1. The number of hydrogen-bond acceptors (Lipinski definition) is 4. The first-order valence-corrected chi connectivity index (χ1v) is 6.89. The number of carbonyl (C=O) groups is 1. The molecule has 0 aliphatic rings. The van der Waals surface area contributed by atoms with Crippen LogP contribution in [0.5, 0.6) is 0 Å². The largest absolute Gasteiger partial charge is 0.467 e. The van der Waals surface area contributed by atoms with Crippen molar-refractivity contribution in [3.63, 3.8) is 0 Å². The van der Waals surface area contributed by atoms with E-state index in [1.54, 1.807) is 6.07 Å². The van der Waals surface area contributed by atoms with E-state index in [-0.39, 0.29) is 5.91 Å². The second-order valence-corrected chi connectivity index (χ2v) is 5.49. The average Bonchev–Trinajstić information content (AvgIpc) is 2.86. The zero-order valence-corrected chi connectivity index (χ0v) is 12.7. The summed E-state index contributed by atoms with van der Waals surface area (Å²) in [6.45, 7) is 1.41. The van der Waals surface area contributed by atoms with Gasteiger partial charge in [0.05, 0.1) is 12.1 Å². The molecule has 0 spiro atoms. The lowest BCUT2D eigenvalue weighted by molar-refractivity contribution is 0.0953. The molecule has 3 N–H and O–H groups in total. The van der Waals surface area contributed by atoms with Gasteiger partial charge in [-0.15, -0.1) is 0 Å². The number of benzene rings is 1. The molecule has 2 rings (SSSR count). The first-order chi connectivity index (χ1) is 9.58. The highest BCUT2D eigenvalue weighted by Gasteiger charge is 2.10. The SMILES string of the molecule is CN(Cc1cccc(Br)c1)Cc1cc(C(=O)NN)co1. The number of hydrazine groups is 1. The van der Waals surface area contributed by atoms with E-state index < -0.39 is 0 Å². The molecule has 1 amide bonds. The van der Waals surface area contributed by atoms with Crippen LogP contribution in [-0.4, -0.2) is 17.9 Å². The molecule has 0 saturated heterocycles. The van der Waals surface area contributed by atoms with Crippen LogP contribution in [-0.2, 0) is 13.1 Å². The van der Waals surface area contributed by atoms with Gasteiger partial charge in [0.1, 0.15) is 12.0 Å². The van der Waals surface area contributed by atoms with Gasteiger partial charge < -0.3 is 4.42 Å². The van der Waals surface area contributed by atoms with Crippen LogP contribution in [0.25, 0.3) is 0 Å². The van der Waals surface area contributed by atoms with Crippen LogP contribution in [0.15, 0.2) is 45.5 Å². The second-order valence-electron chi connectivity index (χ2n) is 4.58. The smallest absolute Gasteiger partial charge is 0.268 e. The van der Waals surface area contributed by atoms with Crippen molar-refractivity contribution < 1.29 is 9.21 Å². The molecule has 0 atom stereocenters. The third-order valence-electron chi connectivity index (χ3n) is 2.81. The van der Waals surface area contributed by atoms with Gasteiger partial charge in [0.2, 0.25) is 0 Å². The molecule has 0 unspecified atom stereocenters. The number of hydrogen-bond donors (Lipinski definition) is 2. The third-order valence-corrected chi connectivity index (χ3v) is 3.31. The van der Waals surface area contributed by atoms with Gasteiger partial charge in [0, 0.05) is 11.0 Å². The van der Waals surface area contributed by atoms with Crippen LogP contribution in [0.4, 0.5) is 0 Å². The zero-order valence-electron chi connectivity index (χ0n) is 11.1. The highest BCUT2D eigenvalue weighted by molar-refractivity contribution is 9.10. The fraction of sp³-hybridized carbons (Fsp3) is 0.214. The topological polar surface area (TPSA) is 71.5 Å². The van der Waals surface area contributed by atoms with Gasteiger partial charge in [0.15, 0.2) is 0 Å². The lowest BCUT2D eigenvalue weighted by Gasteiger charge is -2.15. The molecule has 0 saturated carbocycles. The van der Waals surface area contributed by atoms with E-state index in [4.69, 9.17) is 10.3 Å². The highest BCUT2D eigenvalue weighted by Crippen LogP contribution is 2.15. The molecule has 0 radical (unpaired) electrons. The fourth-order valence-electron chi connectivity index (χ4n) is 1.93. The van der Waals surface area contributed by atoms with Crippen LogP contribution in [0.3, 0.4) is 0 Å². The first-order valence-electron chi connectivity index (χ1n) is 6.10. The van der Waals surface area contributed by atoms with E-state index in [1.807, 2.05) is 19.2 Å². The number of halogens is 1. The fourth-order valence-corrected chi connectivity index (χ4v) is 2.38. The van der Waals surface area contributed by atoms with Crippen molar-refractivity contribution in [2.45, 2.75) is 13.1 Å². The molecule has 1 aromatic heterocycles. The Balaban J connectivity index is 1.96. The second kappa shape index (κ2) is 6.69. The summed E-state index contributed by atoms with van der Waals surface area (Å²) in [5.41, 5.74) is 3.71. The van der Waals surface area contributed by atoms with Gasteiger partial charge >= 0.3 is 0 Å². The highest BCUT2D eigenvalue weighted by atomic mass is 79.9. The summed E-state index contributed by atoms with van der Waals surface area (Å²) in [6.07, 6.45) is 1.41. The molecule has 1 heterocycles. The lowest BCUT2D eigenvalue weighted by atomic mass is 10.2. The predicted octanol–water partition coefficient (Wildman–Crippen LogP) is 2.28. The molecular formula is C14H16BrN3O2. The number of amides is 1. The summed E-state index contributed by atoms with van der Waals surface area (Å²) in [4.78, 5) is 13.4. The lowest BCUT2D eigenvalue weighted by Crippen LogP contribution is -2.29. The Kier molecular flexibility index (Phi) is 4.94. The van der Waals surface area contributed by atoms with Crippen molar-refractivity contribution in [2.24, 2.45) is 5.84 Å². The molecule has 6 heteroatoms. The monoisotopic (exact) mass is 337 g/mol. The maximum atomic E-state index is 11.3. The van der Waals surface area contributed by atoms with Crippen LogP contribution in [0.2, 0.25) is 0 Å². The average molecular weight is 338 g/mol. The van der Waals surface area contributed by atoms with Crippen LogP contribution in [0.1, 0.15) is 21.7 Å². The Labute approximate surface area is 125 Å². The summed E-state index contributed by atoms with van der Waals surface area (Å²) in [7, 11) is 1.99. The van der Waals surface area contributed by atoms with Crippen molar-refractivity contribution >= 4 is 21.8 Å². The normalized spacial score (nSPS) is 10.8. The van der Waals surface area contributed by atoms with Gasteiger partial charge in [-0.2, -0.15) is 0 Å². The summed E-state index contributed by atoms with van der Waals surface area (Å²) in [6, 6.07) is 9.83. The van der Waals surface area contributed by atoms with Crippen molar-refractivity contribution in [3.05, 3.63) is 58.0 Å². The number of nitrogens with two attached hydrogens (primary N) is 1. The summed E-state index contributed by atoms with van der Waals surface area (Å²) in [5.74, 6) is 5.45. The van der Waals surface area contributed by atoms with Crippen molar-refractivity contribution in [2.75, 3.05) is 7.05 Å². The summed E-state index contributed by atoms with van der Waals surface area (Å²) in [5, 5.41) is 0. The van der Waals surface area contributed by atoms with Gasteiger partial charge in [-0.3, -0.25) is 15.1 Å². The van der Waals surface area contributed by atoms with Gasteiger partial charge in [-0.1, -0.05) is 28.1 Å². The Morgan fingerprint density at radius 3 is 2.90 bits per heavy atom. The molecule has 20 heavy (non-hydrogen) atoms. The quantitative estimate of drug-likeness (QED) is 0.498. The van der Waals surface area contributed by atoms with Crippen molar-refractivity contribution in [3.8, 4) is 0 Å². The molecule has 0 bridgehead atoms. The van der Waals surface area contributed by atoms with E-state index in [0.29, 0.717) is 12.1 Å². The van der Waals surface area contributed by atoms with Crippen molar-refractivity contribution in [1.82, 2.24) is 10.3 Å². The minimum Gasteiger partial charge on any atom is -0.467 e. The Morgan fingerprint density at radius 1 is 1.40 bits per heavy atom. The standard InChI is InChI=1S/C14H16BrN3O2/c1-18(7-10-3-2-4-12(15)5-10)8-13-6-11(9-20-13)14(19)17-16/h2-6,9H,7-8,16H2,1H3,(H,17,19). The Bertz CT molecular complexity index is 598. The van der Waals surface area contributed by atoms with Gasteiger partial charge in [-0.05, 0) is 30.8 Å². The number of carbonyl (C=O) groups excluding carboxylic acids is 1. The maximum Gasteiger partial charge on any atom is 0.268 e. The van der Waals surface area contributed by atoms with Gasteiger partial charge in [-0.25, -0.2) is 5.84 Å². The number of furan rings is 1. The molecule has 0 fully saturated rings. The third kappa shape index (κ3) is 3.93. The Morgan fingerprint density at radius 2 is 2.20 bits per heavy atom. The summed E-state index contributed by atoms with van der Waals surface area (Å²) >= 11 is 3.45. The number of nitrogen functional groups attached to an aromatic ring is 1. The molecule has 5 nitrogen and oxygen atoms in total. The summed E-state index contributed by atoms with van der Waals surface area (Å²) < 4.78 is 6.41. The van der Waals surface area contributed by atoms with E-state index in [1.165, 1.54) is 11.8 Å². The van der Waals surface area contributed by atoms with Gasteiger partial charge in [0.25, 0.3) is 5.91 Å². The van der Waals surface area contributed by atoms with Crippen LogP contribution < -0.4 is 11.3 Å². The maximum absolute atomic E-state index is 11.3. The number of nitrogens with zero attached hydrogens (tertiary/aromatic N) is 1. The van der Waals surface area contributed by atoms with Crippen LogP contribution >= 0.6 is 15.9 Å².